The van der Waals surface area contributed by atoms with Crippen LogP contribution >= 0.6 is 0 Å². The molecule has 0 saturated heterocycles. The maximum atomic E-state index is 10.8. The van der Waals surface area contributed by atoms with Gasteiger partial charge in [0.1, 0.15) is 5.56 Å². The third kappa shape index (κ3) is 1.93. The molecular weight excluding hydrogens is 206 g/mol. The van der Waals surface area contributed by atoms with Crippen molar-refractivity contribution in [2.75, 3.05) is 0 Å². The van der Waals surface area contributed by atoms with E-state index in [1.165, 1.54) is 6.20 Å². The van der Waals surface area contributed by atoms with Gasteiger partial charge < -0.3 is 5.11 Å². The molecule has 0 aliphatic rings. The van der Waals surface area contributed by atoms with E-state index in [4.69, 9.17) is 5.11 Å². The minimum absolute atomic E-state index is 0.232. The minimum Gasteiger partial charge on any atom is -0.478 e. The number of nitrogens with zero attached hydrogens (tertiary/aromatic N) is 3. The van der Waals surface area contributed by atoms with Gasteiger partial charge in [-0.2, -0.15) is 5.10 Å². The van der Waals surface area contributed by atoms with E-state index < -0.39 is 5.97 Å². The topological polar surface area (TPSA) is 68.0 Å². The number of carboxylic acids is 1. The molecule has 0 saturated carbocycles. The Balaban J connectivity index is 2.26. The van der Waals surface area contributed by atoms with Gasteiger partial charge in [-0.15, -0.1) is 0 Å². The van der Waals surface area contributed by atoms with Gasteiger partial charge in [0.05, 0.1) is 24.1 Å². The lowest BCUT2D eigenvalue weighted by Gasteiger charge is -2.03. The first kappa shape index (κ1) is 10.4. The lowest BCUT2D eigenvalue weighted by molar-refractivity contribution is 0.0696. The van der Waals surface area contributed by atoms with E-state index >= 15 is 0 Å². The first-order valence-electron chi connectivity index (χ1n) is 4.84. The molecule has 0 spiro atoms. The van der Waals surface area contributed by atoms with Crippen molar-refractivity contribution in [3.63, 3.8) is 0 Å². The number of aromatic carboxylic acids is 1. The van der Waals surface area contributed by atoms with Gasteiger partial charge in [0.2, 0.25) is 0 Å². The van der Waals surface area contributed by atoms with Crippen LogP contribution in [0.4, 0.5) is 0 Å². The number of rotatable bonds is 3. The quantitative estimate of drug-likeness (QED) is 0.842. The van der Waals surface area contributed by atoms with Crippen LogP contribution in [0.1, 0.15) is 21.7 Å². The van der Waals surface area contributed by atoms with E-state index in [-0.39, 0.29) is 5.56 Å². The molecule has 0 aliphatic carbocycles. The molecule has 1 N–H and O–H groups in total. The summed E-state index contributed by atoms with van der Waals surface area (Å²) in [5.74, 6) is -0.954. The fraction of sp³-hybridized carbons (Fsp3) is 0.182. The average molecular weight is 217 g/mol. The van der Waals surface area contributed by atoms with Gasteiger partial charge in [-0.25, -0.2) is 4.79 Å². The van der Waals surface area contributed by atoms with E-state index in [1.54, 1.807) is 17.8 Å². The fourth-order valence-electron chi connectivity index (χ4n) is 1.46. The molecule has 0 aromatic carbocycles. The highest BCUT2D eigenvalue weighted by molar-refractivity contribution is 5.88. The molecule has 2 aromatic heterocycles. The molecule has 0 radical (unpaired) electrons. The van der Waals surface area contributed by atoms with Crippen molar-refractivity contribution >= 4 is 5.97 Å². The highest BCUT2D eigenvalue weighted by atomic mass is 16.4. The SMILES string of the molecule is Cc1c(C(=O)O)cnn1Cc1ccccn1. The second kappa shape index (κ2) is 4.14. The summed E-state index contributed by atoms with van der Waals surface area (Å²) in [6.07, 6.45) is 3.06. The number of carbonyl (C=O) groups is 1. The minimum atomic E-state index is -0.954. The Bertz CT molecular complexity index is 505. The molecule has 16 heavy (non-hydrogen) atoms. The smallest absolute Gasteiger partial charge is 0.339 e. The van der Waals surface area contributed by atoms with Crippen LogP contribution in [0.2, 0.25) is 0 Å². The first-order chi connectivity index (χ1) is 7.68. The van der Waals surface area contributed by atoms with Crippen molar-refractivity contribution in [2.45, 2.75) is 13.5 Å². The zero-order valence-electron chi connectivity index (χ0n) is 8.79. The molecule has 0 atom stereocenters. The van der Waals surface area contributed by atoms with Crippen molar-refractivity contribution in [3.8, 4) is 0 Å². The largest absolute Gasteiger partial charge is 0.478 e. The van der Waals surface area contributed by atoms with Gasteiger partial charge in [-0.1, -0.05) is 6.07 Å². The van der Waals surface area contributed by atoms with Gasteiger partial charge in [0.25, 0.3) is 0 Å². The van der Waals surface area contributed by atoms with Crippen LogP contribution in [0, 0.1) is 6.92 Å². The van der Waals surface area contributed by atoms with E-state index in [0.29, 0.717) is 12.2 Å². The first-order valence-corrected chi connectivity index (χ1v) is 4.84. The molecule has 2 heterocycles. The van der Waals surface area contributed by atoms with E-state index in [9.17, 15) is 4.79 Å². The maximum Gasteiger partial charge on any atom is 0.339 e. The molecule has 5 heteroatoms. The molecule has 0 bridgehead atoms. The Hall–Kier alpha value is -2.17. The van der Waals surface area contributed by atoms with E-state index in [2.05, 4.69) is 10.1 Å². The van der Waals surface area contributed by atoms with E-state index in [1.807, 2.05) is 18.2 Å². The van der Waals surface area contributed by atoms with Crippen LogP contribution in [0.15, 0.2) is 30.6 Å². The number of carboxylic acid groups (broad SMARTS) is 1. The van der Waals surface area contributed by atoms with Crippen LogP contribution in [0.3, 0.4) is 0 Å². The summed E-state index contributed by atoms with van der Waals surface area (Å²) in [5, 5.41) is 12.9. The lowest BCUT2D eigenvalue weighted by atomic mass is 10.2. The number of pyridine rings is 1. The summed E-state index contributed by atoms with van der Waals surface area (Å²) in [5.41, 5.74) is 1.72. The predicted octanol–water partition coefficient (Wildman–Crippen LogP) is 1.33. The van der Waals surface area contributed by atoms with Crippen molar-refractivity contribution in [3.05, 3.63) is 47.5 Å². The molecule has 5 nitrogen and oxygen atoms in total. The van der Waals surface area contributed by atoms with Crippen molar-refractivity contribution in [2.24, 2.45) is 0 Å². The Morgan fingerprint density at radius 3 is 2.88 bits per heavy atom. The van der Waals surface area contributed by atoms with Crippen LogP contribution in [0.25, 0.3) is 0 Å². The van der Waals surface area contributed by atoms with Gasteiger partial charge >= 0.3 is 5.97 Å². The average Bonchev–Trinajstić information content (AvgIpc) is 2.62. The summed E-state index contributed by atoms with van der Waals surface area (Å²) >= 11 is 0. The number of aromatic nitrogens is 3. The second-order valence-corrected chi connectivity index (χ2v) is 3.43. The van der Waals surface area contributed by atoms with Gasteiger partial charge in [-0.3, -0.25) is 9.67 Å². The normalized spacial score (nSPS) is 10.3. The summed E-state index contributed by atoms with van der Waals surface area (Å²) in [6.45, 7) is 2.22. The standard InChI is InChI=1S/C11H11N3O2/c1-8-10(11(15)16)6-13-14(8)7-9-4-2-3-5-12-9/h2-6H,7H2,1H3,(H,15,16). The number of hydrogen-bond donors (Lipinski definition) is 1. The second-order valence-electron chi connectivity index (χ2n) is 3.43. The van der Waals surface area contributed by atoms with E-state index in [0.717, 1.165) is 5.69 Å². The maximum absolute atomic E-state index is 10.8. The van der Waals surface area contributed by atoms with Crippen LogP contribution in [0.5, 0.6) is 0 Å². The molecular formula is C11H11N3O2. The third-order valence-electron chi connectivity index (χ3n) is 2.37. The lowest BCUT2D eigenvalue weighted by Crippen LogP contribution is -2.06. The highest BCUT2D eigenvalue weighted by Gasteiger charge is 2.12. The monoisotopic (exact) mass is 217 g/mol. The summed E-state index contributed by atoms with van der Waals surface area (Å²) in [6, 6.07) is 5.60. The molecule has 2 aromatic rings. The molecule has 0 amide bonds. The Labute approximate surface area is 92.4 Å². The Kier molecular flexibility index (Phi) is 2.68. The van der Waals surface area contributed by atoms with Crippen LogP contribution in [-0.4, -0.2) is 25.8 Å². The Morgan fingerprint density at radius 1 is 1.50 bits per heavy atom. The predicted molar refractivity (Wildman–Crippen MR) is 57.3 cm³/mol. The number of hydrogen-bond acceptors (Lipinski definition) is 3. The van der Waals surface area contributed by atoms with Crippen LogP contribution in [-0.2, 0) is 6.54 Å². The highest BCUT2D eigenvalue weighted by Crippen LogP contribution is 2.08. The van der Waals surface area contributed by atoms with Crippen molar-refractivity contribution in [1.82, 2.24) is 14.8 Å². The summed E-state index contributed by atoms with van der Waals surface area (Å²) in [7, 11) is 0. The molecule has 0 unspecified atom stereocenters. The van der Waals surface area contributed by atoms with Gasteiger partial charge in [0.15, 0.2) is 0 Å². The zero-order chi connectivity index (χ0) is 11.5. The Morgan fingerprint density at radius 2 is 2.31 bits per heavy atom. The van der Waals surface area contributed by atoms with Crippen LogP contribution < -0.4 is 0 Å². The molecule has 0 aliphatic heterocycles. The molecule has 82 valence electrons. The summed E-state index contributed by atoms with van der Waals surface area (Å²) < 4.78 is 1.63. The van der Waals surface area contributed by atoms with Gasteiger partial charge in [0, 0.05) is 6.20 Å². The summed E-state index contributed by atoms with van der Waals surface area (Å²) in [4.78, 5) is 15.0. The third-order valence-corrected chi connectivity index (χ3v) is 2.37. The molecule has 2 rings (SSSR count). The zero-order valence-corrected chi connectivity index (χ0v) is 8.79. The van der Waals surface area contributed by atoms with Crippen molar-refractivity contribution in [1.29, 1.82) is 0 Å². The van der Waals surface area contributed by atoms with Gasteiger partial charge in [-0.05, 0) is 19.1 Å². The molecule has 0 fully saturated rings. The fourth-order valence-corrected chi connectivity index (χ4v) is 1.46. The van der Waals surface area contributed by atoms with Crippen molar-refractivity contribution < 1.29 is 9.90 Å².